The minimum Gasteiger partial charge on any atom is -0.352 e. The number of nitrogens with one attached hydrogen (secondary N) is 3. The van der Waals surface area contributed by atoms with Gasteiger partial charge in [-0.3, -0.25) is 14.6 Å². The third kappa shape index (κ3) is 4.60. The van der Waals surface area contributed by atoms with Gasteiger partial charge >= 0.3 is 5.69 Å². The monoisotopic (exact) mass is 440 g/mol. The summed E-state index contributed by atoms with van der Waals surface area (Å²) in [6.45, 7) is 1.86. The molecule has 3 rings (SSSR count). The van der Waals surface area contributed by atoms with Gasteiger partial charge in [-0.15, -0.1) is 0 Å². The first kappa shape index (κ1) is 21.3. The van der Waals surface area contributed by atoms with Crippen LogP contribution < -0.4 is 16.6 Å². The summed E-state index contributed by atoms with van der Waals surface area (Å²) in [6, 6.07) is 7.20. The standard InChI is InChI=1S/C18H21ClN4O5S/c1-11-15(17(25)22-18(26)21-11)29(27,28)23-8-6-12(7-9-23)16(24)20-10-13-4-2-3-5-14(13)19/h2-5,12H,6-10H2,1H3,(H,20,24)(H2,21,22,25,26). The predicted octanol–water partition coefficient (Wildman–Crippen LogP) is 0.742. The lowest BCUT2D eigenvalue weighted by atomic mass is 9.97. The molecule has 1 saturated heterocycles. The predicted molar refractivity (Wildman–Crippen MR) is 107 cm³/mol. The molecule has 0 atom stereocenters. The number of aromatic nitrogens is 2. The Balaban J connectivity index is 1.64. The minimum absolute atomic E-state index is 0.0154. The Morgan fingerprint density at radius 2 is 1.86 bits per heavy atom. The van der Waals surface area contributed by atoms with E-state index in [1.165, 1.54) is 11.2 Å². The summed E-state index contributed by atoms with van der Waals surface area (Å²) in [5, 5.41) is 3.40. The van der Waals surface area contributed by atoms with Crippen LogP contribution in [0.15, 0.2) is 38.8 Å². The van der Waals surface area contributed by atoms with Gasteiger partial charge in [-0.25, -0.2) is 13.2 Å². The number of aromatic amines is 2. The zero-order valence-electron chi connectivity index (χ0n) is 15.7. The Kier molecular flexibility index (Phi) is 6.25. The molecular formula is C18H21ClN4O5S. The number of aryl methyl sites for hydroxylation is 1. The molecule has 29 heavy (non-hydrogen) atoms. The summed E-state index contributed by atoms with van der Waals surface area (Å²) in [5.41, 5.74) is -0.931. The summed E-state index contributed by atoms with van der Waals surface area (Å²) in [5.74, 6) is -0.501. The number of benzene rings is 1. The lowest BCUT2D eigenvalue weighted by Crippen LogP contribution is -2.44. The van der Waals surface area contributed by atoms with Gasteiger partial charge in [-0.05, 0) is 31.4 Å². The summed E-state index contributed by atoms with van der Waals surface area (Å²) >= 11 is 6.08. The Labute approximate surface area is 172 Å². The maximum absolute atomic E-state index is 12.8. The zero-order chi connectivity index (χ0) is 21.2. The molecule has 3 N–H and O–H groups in total. The largest absolute Gasteiger partial charge is 0.352 e. The quantitative estimate of drug-likeness (QED) is 0.630. The van der Waals surface area contributed by atoms with Gasteiger partial charge in [-0.2, -0.15) is 4.31 Å². The number of nitrogens with zero attached hydrogens (tertiary/aromatic N) is 1. The van der Waals surface area contributed by atoms with Gasteiger partial charge in [-0.1, -0.05) is 29.8 Å². The minimum atomic E-state index is -4.08. The Bertz CT molecular complexity index is 1130. The van der Waals surface area contributed by atoms with E-state index < -0.39 is 26.2 Å². The van der Waals surface area contributed by atoms with Crippen molar-refractivity contribution in [2.24, 2.45) is 5.92 Å². The van der Waals surface area contributed by atoms with Crippen molar-refractivity contribution >= 4 is 27.5 Å². The van der Waals surface area contributed by atoms with Gasteiger partial charge in [0.05, 0.1) is 0 Å². The molecule has 1 fully saturated rings. The van der Waals surface area contributed by atoms with E-state index in [1.807, 2.05) is 17.1 Å². The summed E-state index contributed by atoms with van der Waals surface area (Å²) in [7, 11) is -4.08. The average molecular weight is 441 g/mol. The van der Waals surface area contributed by atoms with Gasteiger partial charge < -0.3 is 10.3 Å². The van der Waals surface area contributed by atoms with Crippen LogP contribution in [0.25, 0.3) is 0 Å². The van der Waals surface area contributed by atoms with Crippen molar-refractivity contribution in [1.29, 1.82) is 0 Å². The van der Waals surface area contributed by atoms with E-state index in [0.29, 0.717) is 24.4 Å². The van der Waals surface area contributed by atoms with Gasteiger partial charge in [0, 0.05) is 36.3 Å². The molecule has 0 bridgehead atoms. The molecular weight excluding hydrogens is 420 g/mol. The second-order valence-electron chi connectivity index (χ2n) is 6.85. The molecule has 156 valence electrons. The van der Waals surface area contributed by atoms with E-state index in [9.17, 15) is 22.8 Å². The van der Waals surface area contributed by atoms with Gasteiger partial charge in [0.2, 0.25) is 15.9 Å². The molecule has 2 aromatic rings. The Hall–Kier alpha value is -2.43. The molecule has 2 heterocycles. The third-order valence-corrected chi connectivity index (χ3v) is 7.33. The van der Waals surface area contributed by atoms with E-state index >= 15 is 0 Å². The number of sulfonamides is 1. The van der Waals surface area contributed by atoms with E-state index in [0.717, 1.165) is 5.56 Å². The van der Waals surface area contributed by atoms with Crippen LogP contribution in [0.2, 0.25) is 5.02 Å². The average Bonchev–Trinajstić information content (AvgIpc) is 2.66. The highest BCUT2D eigenvalue weighted by atomic mass is 35.5. The van der Waals surface area contributed by atoms with Crippen LogP contribution in [0.1, 0.15) is 24.1 Å². The maximum atomic E-state index is 12.8. The number of H-pyrrole nitrogens is 2. The number of hydrogen-bond acceptors (Lipinski definition) is 5. The highest BCUT2D eigenvalue weighted by Gasteiger charge is 2.34. The summed E-state index contributed by atoms with van der Waals surface area (Å²) in [6.07, 6.45) is 0.655. The van der Waals surface area contributed by atoms with Crippen LogP contribution in [0.5, 0.6) is 0 Å². The van der Waals surface area contributed by atoms with Crippen LogP contribution in [-0.4, -0.2) is 41.7 Å². The molecule has 9 nitrogen and oxygen atoms in total. The van der Waals surface area contributed by atoms with E-state index in [4.69, 9.17) is 11.6 Å². The highest BCUT2D eigenvalue weighted by molar-refractivity contribution is 7.89. The molecule has 1 aliphatic rings. The van der Waals surface area contributed by atoms with Crippen LogP contribution in [0.3, 0.4) is 0 Å². The van der Waals surface area contributed by atoms with Crippen LogP contribution in [0, 0.1) is 12.8 Å². The lowest BCUT2D eigenvalue weighted by Gasteiger charge is -2.30. The van der Waals surface area contributed by atoms with E-state index in [1.54, 1.807) is 12.1 Å². The van der Waals surface area contributed by atoms with Crippen molar-refractivity contribution in [2.45, 2.75) is 31.2 Å². The van der Waals surface area contributed by atoms with Crippen LogP contribution in [-0.2, 0) is 21.4 Å². The fourth-order valence-electron chi connectivity index (χ4n) is 3.35. The molecule has 0 aliphatic carbocycles. The van der Waals surface area contributed by atoms with Gasteiger partial charge in [0.1, 0.15) is 0 Å². The number of halogens is 1. The smallest absolute Gasteiger partial charge is 0.325 e. The van der Waals surface area contributed by atoms with Gasteiger partial charge in [0.25, 0.3) is 5.56 Å². The van der Waals surface area contributed by atoms with Crippen LogP contribution >= 0.6 is 11.6 Å². The molecule has 1 amide bonds. The number of carbonyl (C=O) groups excluding carboxylic acids is 1. The molecule has 1 aliphatic heterocycles. The first-order chi connectivity index (χ1) is 13.7. The number of amides is 1. The van der Waals surface area contributed by atoms with Gasteiger partial charge in [0.15, 0.2) is 4.90 Å². The third-order valence-electron chi connectivity index (χ3n) is 4.91. The van der Waals surface area contributed by atoms with Crippen molar-refractivity contribution in [1.82, 2.24) is 19.6 Å². The molecule has 11 heteroatoms. The number of hydrogen-bond donors (Lipinski definition) is 3. The van der Waals surface area contributed by atoms with Crippen molar-refractivity contribution in [3.63, 3.8) is 0 Å². The number of piperidine rings is 1. The molecule has 0 unspecified atom stereocenters. The molecule has 0 spiro atoms. The molecule has 1 aromatic heterocycles. The second kappa shape index (κ2) is 8.52. The molecule has 0 radical (unpaired) electrons. The van der Waals surface area contributed by atoms with E-state index in [-0.39, 0.29) is 30.6 Å². The van der Waals surface area contributed by atoms with Crippen molar-refractivity contribution < 1.29 is 13.2 Å². The SMILES string of the molecule is Cc1[nH]c(=O)[nH]c(=O)c1S(=O)(=O)N1CCC(C(=O)NCc2ccccc2Cl)CC1. The fourth-order valence-corrected chi connectivity index (χ4v) is 5.23. The summed E-state index contributed by atoms with van der Waals surface area (Å²) < 4.78 is 26.8. The normalized spacial score (nSPS) is 15.9. The Morgan fingerprint density at radius 3 is 2.48 bits per heavy atom. The first-order valence-electron chi connectivity index (χ1n) is 9.04. The molecule has 0 saturated carbocycles. The topological polar surface area (TPSA) is 132 Å². The van der Waals surface area contributed by atoms with Crippen molar-refractivity contribution in [3.8, 4) is 0 Å². The van der Waals surface area contributed by atoms with E-state index in [2.05, 4.69) is 10.3 Å². The summed E-state index contributed by atoms with van der Waals surface area (Å²) in [4.78, 5) is 39.5. The second-order valence-corrected chi connectivity index (χ2v) is 9.13. The maximum Gasteiger partial charge on any atom is 0.325 e. The van der Waals surface area contributed by atoms with Crippen molar-refractivity contribution in [3.05, 3.63) is 61.4 Å². The number of carbonyl (C=O) groups is 1. The zero-order valence-corrected chi connectivity index (χ0v) is 17.3. The highest BCUT2D eigenvalue weighted by Crippen LogP contribution is 2.23. The number of rotatable bonds is 5. The van der Waals surface area contributed by atoms with Crippen molar-refractivity contribution in [2.75, 3.05) is 13.1 Å². The molecule has 1 aromatic carbocycles. The fraction of sp³-hybridized carbons (Fsp3) is 0.389. The Morgan fingerprint density at radius 1 is 1.21 bits per heavy atom. The lowest BCUT2D eigenvalue weighted by molar-refractivity contribution is -0.126. The first-order valence-corrected chi connectivity index (χ1v) is 10.9. The van der Waals surface area contributed by atoms with Crippen LogP contribution in [0.4, 0.5) is 0 Å².